The van der Waals surface area contributed by atoms with E-state index in [1.165, 1.54) is 11.1 Å². The summed E-state index contributed by atoms with van der Waals surface area (Å²) in [6.45, 7) is 3.86. The molecule has 21 heavy (non-hydrogen) atoms. The monoisotopic (exact) mass is 285 g/mol. The van der Waals surface area contributed by atoms with E-state index in [4.69, 9.17) is 9.47 Å². The summed E-state index contributed by atoms with van der Waals surface area (Å²) in [5, 5.41) is 3.47. The molecule has 0 saturated carbocycles. The van der Waals surface area contributed by atoms with Crippen molar-refractivity contribution in [3.8, 4) is 11.5 Å². The molecule has 0 unspecified atom stereocenters. The molecule has 0 radical (unpaired) electrons. The van der Waals surface area contributed by atoms with E-state index >= 15 is 0 Å². The van der Waals surface area contributed by atoms with Crippen LogP contribution in [0, 0.1) is 6.92 Å². The van der Waals surface area contributed by atoms with E-state index in [9.17, 15) is 0 Å². The first-order chi connectivity index (χ1) is 10.3. The van der Waals surface area contributed by atoms with Gasteiger partial charge in [-0.1, -0.05) is 36.4 Å². The predicted molar refractivity (Wildman–Crippen MR) is 86.1 cm³/mol. The molecule has 0 atom stereocenters. The van der Waals surface area contributed by atoms with Crippen LogP contribution in [-0.2, 0) is 13.0 Å². The van der Waals surface area contributed by atoms with E-state index < -0.39 is 0 Å². The second-order valence-electron chi connectivity index (χ2n) is 5.01. The normalized spacial score (nSPS) is 10.4. The van der Waals surface area contributed by atoms with Crippen LogP contribution in [0.3, 0.4) is 0 Å². The lowest BCUT2D eigenvalue weighted by molar-refractivity contribution is 0.350. The van der Waals surface area contributed by atoms with E-state index in [0.29, 0.717) is 0 Å². The molecular weight excluding hydrogens is 262 g/mol. The van der Waals surface area contributed by atoms with Crippen LogP contribution in [0.25, 0.3) is 0 Å². The van der Waals surface area contributed by atoms with Gasteiger partial charge in [-0.3, -0.25) is 0 Å². The Morgan fingerprint density at radius 3 is 2.38 bits per heavy atom. The van der Waals surface area contributed by atoms with Crippen molar-refractivity contribution in [2.45, 2.75) is 19.9 Å². The zero-order valence-corrected chi connectivity index (χ0v) is 13.0. The van der Waals surface area contributed by atoms with Crippen molar-refractivity contribution in [3.05, 3.63) is 59.2 Å². The van der Waals surface area contributed by atoms with E-state index in [-0.39, 0.29) is 0 Å². The lowest BCUT2D eigenvalue weighted by Crippen LogP contribution is -2.17. The summed E-state index contributed by atoms with van der Waals surface area (Å²) in [5.41, 5.74) is 3.85. The molecule has 0 heterocycles. The molecule has 112 valence electrons. The number of para-hydroxylation sites is 1. The Morgan fingerprint density at radius 1 is 0.905 bits per heavy atom. The Morgan fingerprint density at radius 2 is 1.67 bits per heavy atom. The highest BCUT2D eigenvalue weighted by Gasteiger charge is 2.08. The molecule has 3 nitrogen and oxygen atoms in total. The van der Waals surface area contributed by atoms with Gasteiger partial charge in [-0.15, -0.1) is 0 Å². The largest absolute Gasteiger partial charge is 0.493 e. The third-order valence-electron chi connectivity index (χ3n) is 3.63. The van der Waals surface area contributed by atoms with E-state index in [1.54, 1.807) is 14.2 Å². The molecular formula is C18H23NO2. The summed E-state index contributed by atoms with van der Waals surface area (Å²) >= 11 is 0. The van der Waals surface area contributed by atoms with Crippen LogP contribution in [0.4, 0.5) is 0 Å². The first-order valence-corrected chi connectivity index (χ1v) is 7.21. The summed E-state index contributed by atoms with van der Waals surface area (Å²) < 4.78 is 10.8. The summed E-state index contributed by atoms with van der Waals surface area (Å²) in [6, 6.07) is 14.5. The van der Waals surface area contributed by atoms with Crippen LogP contribution in [0.5, 0.6) is 11.5 Å². The van der Waals surface area contributed by atoms with Crippen LogP contribution in [0.2, 0.25) is 0 Å². The molecule has 0 spiro atoms. The molecule has 0 aliphatic carbocycles. The molecule has 0 saturated heterocycles. The van der Waals surface area contributed by atoms with Crippen LogP contribution >= 0.6 is 0 Å². The van der Waals surface area contributed by atoms with Gasteiger partial charge in [0.05, 0.1) is 14.2 Å². The fourth-order valence-electron chi connectivity index (χ4n) is 2.43. The standard InChI is InChI=1S/C18H23NO2/c1-14-7-4-5-8-15(14)11-12-19-13-16-9-6-10-17(20-2)18(16)21-3/h4-10,19H,11-13H2,1-3H3. The molecule has 0 aliphatic rings. The van der Waals surface area contributed by atoms with E-state index in [1.807, 2.05) is 12.1 Å². The minimum absolute atomic E-state index is 0.770. The maximum atomic E-state index is 5.44. The number of nitrogens with one attached hydrogen (secondary N) is 1. The second-order valence-corrected chi connectivity index (χ2v) is 5.01. The van der Waals surface area contributed by atoms with Crippen molar-refractivity contribution in [1.29, 1.82) is 0 Å². The van der Waals surface area contributed by atoms with Crippen LogP contribution < -0.4 is 14.8 Å². The van der Waals surface area contributed by atoms with Crippen molar-refractivity contribution in [2.75, 3.05) is 20.8 Å². The number of aryl methyl sites for hydroxylation is 1. The second kappa shape index (κ2) is 7.70. The van der Waals surface area contributed by atoms with Crippen LogP contribution in [0.15, 0.2) is 42.5 Å². The van der Waals surface area contributed by atoms with Crippen molar-refractivity contribution in [1.82, 2.24) is 5.32 Å². The lowest BCUT2D eigenvalue weighted by Gasteiger charge is -2.13. The van der Waals surface area contributed by atoms with Gasteiger partial charge in [0, 0.05) is 12.1 Å². The molecule has 0 aromatic heterocycles. The Kier molecular flexibility index (Phi) is 5.64. The third-order valence-corrected chi connectivity index (χ3v) is 3.63. The van der Waals surface area contributed by atoms with Gasteiger partial charge in [-0.05, 0) is 37.1 Å². The molecule has 0 fully saturated rings. The van der Waals surface area contributed by atoms with Crippen molar-refractivity contribution in [3.63, 3.8) is 0 Å². The quantitative estimate of drug-likeness (QED) is 0.791. The maximum Gasteiger partial charge on any atom is 0.165 e. The zero-order valence-electron chi connectivity index (χ0n) is 13.0. The van der Waals surface area contributed by atoms with Crippen LogP contribution in [-0.4, -0.2) is 20.8 Å². The fourth-order valence-corrected chi connectivity index (χ4v) is 2.43. The number of ether oxygens (including phenoxy) is 2. The van der Waals surface area contributed by atoms with Gasteiger partial charge in [-0.2, -0.15) is 0 Å². The number of rotatable bonds is 7. The Labute approximate surface area is 126 Å². The van der Waals surface area contributed by atoms with Gasteiger partial charge in [0.15, 0.2) is 11.5 Å². The Hall–Kier alpha value is -2.00. The smallest absolute Gasteiger partial charge is 0.165 e. The van der Waals surface area contributed by atoms with Gasteiger partial charge >= 0.3 is 0 Å². The minimum atomic E-state index is 0.770. The molecule has 2 aromatic carbocycles. The molecule has 0 aliphatic heterocycles. The van der Waals surface area contributed by atoms with Crippen molar-refractivity contribution in [2.24, 2.45) is 0 Å². The highest BCUT2D eigenvalue weighted by molar-refractivity contribution is 5.46. The van der Waals surface area contributed by atoms with Gasteiger partial charge < -0.3 is 14.8 Å². The third kappa shape index (κ3) is 3.99. The summed E-state index contributed by atoms with van der Waals surface area (Å²) in [5.74, 6) is 1.58. The van der Waals surface area contributed by atoms with E-state index in [0.717, 1.165) is 36.6 Å². The number of hydrogen-bond acceptors (Lipinski definition) is 3. The van der Waals surface area contributed by atoms with Gasteiger partial charge in [0.25, 0.3) is 0 Å². The van der Waals surface area contributed by atoms with Crippen molar-refractivity contribution >= 4 is 0 Å². The van der Waals surface area contributed by atoms with Crippen molar-refractivity contribution < 1.29 is 9.47 Å². The topological polar surface area (TPSA) is 30.5 Å². The molecule has 0 bridgehead atoms. The SMILES string of the molecule is COc1cccc(CNCCc2ccccc2C)c1OC. The molecule has 1 N–H and O–H groups in total. The van der Waals surface area contributed by atoms with Gasteiger partial charge in [0.2, 0.25) is 0 Å². The first-order valence-electron chi connectivity index (χ1n) is 7.21. The molecule has 2 aromatic rings. The summed E-state index contributed by atoms with van der Waals surface area (Å²) in [7, 11) is 3.34. The van der Waals surface area contributed by atoms with Gasteiger partial charge in [-0.25, -0.2) is 0 Å². The Bertz CT molecular complexity index is 581. The van der Waals surface area contributed by atoms with Gasteiger partial charge in [0.1, 0.15) is 0 Å². The average molecular weight is 285 g/mol. The summed E-state index contributed by atoms with van der Waals surface area (Å²) in [4.78, 5) is 0. The molecule has 0 amide bonds. The number of methoxy groups -OCH3 is 2. The average Bonchev–Trinajstić information content (AvgIpc) is 2.52. The zero-order chi connectivity index (χ0) is 15.1. The number of benzene rings is 2. The first kappa shape index (κ1) is 15.4. The molecule has 3 heteroatoms. The maximum absolute atomic E-state index is 5.44. The van der Waals surface area contributed by atoms with E-state index in [2.05, 4.69) is 42.6 Å². The fraction of sp³-hybridized carbons (Fsp3) is 0.333. The minimum Gasteiger partial charge on any atom is -0.493 e. The summed E-state index contributed by atoms with van der Waals surface area (Å²) in [6.07, 6.45) is 1.03. The predicted octanol–water partition coefficient (Wildman–Crippen LogP) is 3.34. The highest BCUT2D eigenvalue weighted by Crippen LogP contribution is 2.30. The highest BCUT2D eigenvalue weighted by atomic mass is 16.5. The molecule has 2 rings (SSSR count). The Balaban J connectivity index is 1.91. The number of hydrogen-bond donors (Lipinski definition) is 1. The van der Waals surface area contributed by atoms with Crippen LogP contribution in [0.1, 0.15) is 16.7 Å². The lowest BCUT2D eigenvalue weighted by atomic mass is 10.1.